The Balaban J connectivity index is 1.84. The first-order chi connectivity index (χ1) is 9.03. The van der Waals surface area contributed by atoms with Crippen LogP contribution in [0.25, 0.3) is 0 Å². The molecule has 5 nitrogen and oxygen atoms in total. The summed E-state index contributed by atoms with van der Waals surface area (Å²) in [5.74, 6) is 0.900. The van der Waals surface area contributed by atoms with E-state index in [0.29, 0.717) is 11.7 Å². The summed E-state index contributed by atoms with van der Waals surface area (Å²) >= 11 is 1.38. The smallest absolute Gasteiger partial charge is 0.231 e. The number of nitrogens with one attached hydrogen (secondary N) is 1. The van der Waals surface area contributed by atoms with Gasteiger partial charge in [0.15, 0.2) is 0 Å². The lowest BCUT2D eigenvalue weighted by atomic mass is 9.98. The van der Waals surface area contributed by atoms with E-state index in [4.69, 9.17) is 11.0 Å². The molecular formula is C13H16N4OS. The number of amides is 1. The molecule has 100 valence electrons. The SMILES string of the molecule is CC(C#N)(NC(=O)CSc1ccc(N)nc1)C1CC1. The Labute approximate surface area is 116 Å². The van der Waals surface area contributed by atoms with Crippen LogP contribution in [0.2, 0.25) is 0 Å². The van der Waals surface area contributed by atoms with E-state index in [1.807, 2.05) is 6.07 Å². The van der Waals surface area contributed by atoms with Gasteiger partial charge in [-0.15, -0.1) is 11.8 Å². The van der Waals surface area contributed by atoms with Crippen LogP contribution in [0, 0.1) is 17.2 Å². The molecule has 1 aliphatic carbocycles. The Morgan fingerprint density at radius 2 is 2.42 bits per heavy atom. The summed E-state index contributed by atoms with van der Waals surface area (Å²) in [5, 5.41) is 12.0. The number of anilines is 1. The van der Waals surface area contributed by atoms with Gasteiger partial charge in [0.1, 0.15) is 11.4 Å². The molecule has 1 saturated carbocycles. The van der Waals surface area contributed by atoms with Crippen LogP contribution < -0.4 is 11.1 Å². The van der Waals surface area contributed by atoms with Crippen molar-refractivity contribution in [3.63, 3.8) is 0 Å². The van der Waals surface area contributed by atoms with E-state index < -0.39 is 5.54 Å². The molecule has 1 atom stereocenters. The lowest BCUT2D eigenvalue weighted by Gasteiger charge is -2.22. The van der Waals surface area contributed by atoms with Gasteiger partial charge in [0.2, 0.25) is 5.91 Å². The maximum atomic E-state index is 11.9. The molecule has 1 aliphatic rings. The summed E-state index contributed by atoms with van der Waals surface area (Å²) in [6.07, 6.45) is 3.66. The minimum atomic E-state index is -0.725. The predicted molar refractivity (Wildman–Crippen MR) is 74.3 cm³/mol. The molecule has 1 fully saturated rings. The molecule has 0 aromatic carbocycles. The van der Waals surface area contributed by atoms with E-state index in [9.17, 15) is 4.79 Å². The average molecular weight is 276 g/mol. The Hall–Kier alpha value is -1.74. The normalized spacial score (nSPS) is 17.3. The van der Waals surface area contributed by atoms with Crippen LogP contribution in [0.3, 0.4) is 0 Å². The maximum absolute atomic E-state index is 11.9. The van der Waals surface area contributed by atoms with Crippen molar-refractivity contribution in [1.29, 1.82) is 5.26 Å². The highest BCUT2D eigenvalue weighted by Gasteiger charge is 2.42. The number of nitrogens with zero attached hydrogens (tertiary/aromatic N) is 2. The zero-order valence-electron chi connectivity index (χ0n) is 10.7. The first-order valence-electron chi connectivity index (χ1n) is 6.10. The van der Waals surface area contributed by atoms with Gasteiger partial charge < -0.3 is 11.1 Å². The number of thioether (sulfide) groups is 1. The minimum absolute atomic E-state index is 0.127. The summed E-state index contributed by atoms with van der Waals surface area (Å²) in [6.45, 7) is 1.79. The highest BCUT2D eigenvalue weighted by atomic mass is 32.2. The molecule has 0 radical (unpaired) electrons. The van der Waals surface area contributed by atoms with E-state index in [1.165, 1.54) is 11.8 Å². The molecule has 0 spiro atoms. The number of nitriles is 1. The van der Waals surface area contributed by atoms with Crippen molar-refractivity contribution in [3.05, 3.63) is 18.3 Å². The summed E-state index contributed by atoms with van der Waals surface area (Å²) in [7, 11) is 0. The number of hydrogen-bond donors (Lipinski definition) is 2. The van der Waals surface area contributed by atoms with Crippen molar-refractivity contribution in [2.24, 2.45) is 5.92 Å². The Bertz CT molecular complexity index is 506. The zero-order chi connectivity index (χ0) is 13.9. The number of nitrogens with two attached hydrogens (primary N) is 1. The van der Waals surface area contributed by atoms with Crippen molar-refractivity contribution in [1.82, 2.24) is 10.3 Å². The van der Waals surface area contributed by atoms with Crippen LogP contribution >= 0.6 is 11.8 Å². The second-order valence-corrected chi connectivity index (χ2v) is 5.89. The number of rotatable bonds is 5. The summed E-state index contributed by atoms with van der Waals surface area (Å²) in [6, 6.07) is 5.73. The molecule has 1 aromatic heterocycles. The fourth-order valence-corrected chi connectivity index (χ4v) is 2.50. The highest BCUT2D eigenvalue weighted by Crippen LogP contribution is 2.39. The third-order valence-electron chi connectivity index (χ3n) is 3.15. The van der Waals surface area contributed by atoms with Gasteiger partial charge in [-0.25, -0.2) is 4.98 Å². The molecule has 19 heavy (non-hydrogen) atoms. The van der Waals surface area contributed by atoms with E-state index in [0.717, 1.165) is 17.7 Å². The standard InChI is InChI=1S/C13H16N4OS/c1-13(8-14,9-2-3-9)17-12(18)7-19-10-4-5-11(15)16-6-10/h4-6,9H,2-3,7H2,1H3,(H2,15,16)(H,17,18). The Morgan fingerprint density at radius 3 is 2.95 bits per heavy atom. The first kappa shape index (κ1) is 13.7. The maximum Gasteiger partial charge on any atom is 0.231 e. The average Bonchev–Trinajstić information content (AvgIpc) is 3.22. The van der Waals surface area contributed by atoms with Crippen LogP contribution in [0.5, 0.6) is 0 Å². The molecular weight excluding hydrogens is 260 g/mol. The number of hydrogen-bond acceptors (Lipinski definition) is 5. The van der Waals surface area contributed by atoms with Gasteiger partial charge in [0.25, 0.3) is 0 Å². The van der Waals surface area contributed by atoms with Crippen LogP contribution in [0.4, 0.5) is 5.82 Å². The van der Waals surface area contributed by atoms with E-state index in [-0.39, 0.29) is 11.7 Å². The molecule has 0 aliphatic heterocycles. The van der Waals surface area contributed by atoms with Crippen LogP contribution in [-0.4, -0.2) is 22.2 Å². The highest BCUT2D eigenvalue weighted by molar-refractivity contribution is 8.00. The summed E-state index contributed by atoms with van der Waals surface area (Å²) < 4.78 is 0. The Kier molecular flexibility index (Phi) is 3.96. The van der Waals surface area contributed by atoms with Crippen LogP contribution in [0.1, 0.15) is 19.8 Å². The van der Waals surface area contributed by atoms with Gasteiger partial charge in [-0.05, 0) is 37.8 Å². The van der Waals surface area contributed by atoms with Gasteiger partial charge >= 0.3 is 0 Å². The third-order valence-corrected chi connectivity index (χ3v) is 4.14. The van der Waals surface area contributed by atoms with E-state index >= 15 is 0 Å². The van der Waals surface area contributed by atoms with Crippen molar-refractivity contribution >= 4 is 23.5 Å². The second kappa shape index (κ2) is 5.49. The molecule has 0 bridgehead atoms. The Morgan fingerprint density at radius 1 is 1.68 bits per heavy atom. The van der Waals surface area contributed by atoms with Gasteiger partial charge in [-0.2, -0.15) is 5.26 Å². The van der Waals surface area contributed by atoms with Gasteiger partial charge in [-0.1, -0.05) is 0 Å². The molecule has 1 amide bonds. The van der Waals surface area contributed by atoms with E-state index in [2.05, 4.69) is 16.4 Å². The molecule has 6 heteroatoms. The number of pyridine rings is 1. The molecule has 2 rings (SSSR count). The zero-order valence-corrected chi connectivity index (χ0v) is 11.5. The first-order valence-corrected chi connectivity index (χ1v) is 7.08. The topological polar surface area (TPSA) is 91.8 Å². The molecule has 3 N–H and O–H groups in total. The van der Waals surface area contributed by atoms with Gasteiger partial charge in [0, 0.05) is 11.1 Å². The second-order valence-electron chi connectivity index (χ2n) is 4.84. The predicted octanol–water partition coefficient (Wildman–Crippen LogP) is 1.56. The van der Waals surface area contributed by atoms with Crippen LogP contribution in [-0.2, 0) is 4.79 Å². The molecule has 1 unspecified atom stereocenters. The number of nitrogen functional groups attached to an aromatic ring is 1. The van der Waals surface area contributed by atoms with E-state index in [1.54, 1.807) is 19.2 Å². The summed E-state index contributed by atoms with van der Waals surface area (Å²) in [5.41, 5.74) is 4.76. The monoisotopic (exact) mass is 276 g/mol. The fraction of sp³-hybridized carbons (Fsp3) is 0.462. The fourth-order valence-electron chi connectivity index (χ4n) is 1.83. The summed E-state index contributed by atoms with van der Waals surface area (Å²) in [4.78, 5) is 16.7. The van der Waals surface area contributed by atoms with Crippen molar-refractivity contribution in [3.8, 4) is 6.07 Å². The number of carbonyl (C=O) groups excluding carboxylic acids is 1. The number of aromatic nitrogens is 1. The van der Waals surface area contributed by atoms with Gasteiger partial charge in [0.05, 0.1) is 11.8 Å². The molecule has 0 saturated heterocycles. The third kappa shape index (κ3) is 3.61. The lowest BCUT2D eigenvalue weighted by Crippen LogP contribution is -2.47. The van der Waals surface area contributed by atoms with Gasteiger partial charge in [-0.3, -0.25) is 4.79 Å². The largest absolute Gasteiger partial charge is 0.384 e. The lowest BCUT2D eigenvalue weighted by molar-refractivity contribution is -0.119. The van der Waals surface area contributed by atoms with Crippen molar-refractivity contribution < 1.29 is 4.79 Å². The minimum Gasteiger partial charge on any atom is -0.384 e. The van der Waals surface area contributed by atoms with Crippen molar-refractivity contribution in [2.45, 2.75) is 30.2 Å². The number of carbonyl (C=O) groups is 1. The quantitative estimate of drug-likeness (QED) is 0.796. The molecule has 1 heterocycles. The molecule has 1 aromatic rings. The van der Waals surface area contributed by atoms with Crippen LogP contribution in [0.15, 0.2) is 23.2 Å². The van der Waals surface area contributed by atoms with Crippen molar-refractivity contribution in [2.75, 3.05) is 11.5 Å².